The number of nitrogens with one attached hydrogen (secondary N) is 2. The molecule has 12 heteroatoms. The van der Waals surface area contributed by atoms with E-state index in [1.165, 1.54) is 28.7 Å². The maximum atomic E-state index is 13.9. The molecule has 3 amide bonds. The van der Waals surface area contributed by atoms with Crippen LogP contribution in [0.1, 0.15) is 52.7 Å². The highest BCUT2D eigenvalue weighted by atomic mass is 32.2. The number of benzene rings is 4. The van der Waals surface area contributed by atoms with E-state index in [0.29, 0.717) is 44.7 Å². The Balaban J connectivity index is 1.39. The lowest BCUT2D eigenvalue weighted by Gasteiger charge is -2.18. The molecule has 0 spiro atoms. The highest BCUT2D eigenvalue weighted by molar-refractivity contribution is 7.90. The number of sulfonamides is 1. The highest BCUT2D eigenvalue weighted by Gasteiger charge is 2.26. The Bertz CT molecular complexity index is 2170. The van der Waals surface area contributed by atoms with Crippen molar-refractivity contribution in [2.24, 2.45) is 0 Å². The average molecular weight is 695 g/mol. The first-order chi connectivity index (χ1) is 24.1. The second kappa shape index (κ2) is 14.5. The molecule has 1 aromatic heterocycles. The van der Waals surface area contributed by atoms with Gasteiger partial charge in [0.05, 0.1) is 17.5 Å². The molecule has 258 valence electrons. The van der Waals surface area contributed by atoms with Gasteiger partial charge in [0.15, 0.2) is 0 Å². The molecule has 1 fully saturated rings. The fraction of sp³-hybridized carbons (Fsp3) is 0.237. The van der Waals surface area contributed by atoms with Crippen molar-refractivity contribution in [2.45, 2.75) is 50.0 Å². The van der Waals surface area contributed by atoms with E-state index in [0.717, 1.165) is 25.7 Å². The molecule has 0 saturated heterocycles. The third-order valence-corrected chi connectivity index (χ3v) is 10.4. The van der Waals surface area contributed by atoms with Crippen molar-refractivity contribution < 1.29 is 32.3 Å². The highest BCUT2D eigenvalue weighted by Crippen LogP contribution is 2.33. The lowest BCUT2D eigenvalue weighted by atomic mass is 9.97. The van der Waals surface area contributed by atoms with Gasteiger partial charge in [0, 0.05) is 47.6 Å². The van der Waals surface area contributed by atoms with Gasteiger partial charge in [-0.1, -0.05) is 42.5 Å². The number of ether oxygens (including phenoxy) is 2. The van der Waals surface area contributed by atoms with Gasteiger partial charge in [-0.3, -0.25) is 19.6 Å². The summed E-state index contributed by atoms with van der Waals surface area (Å²) in [5.41, 5.74) is 3.33. The maximum absolute atomic E-state index is 13.9. The van der Waals surface area contributed by atoms with Crippen molar-refractivity contribution in [2.75, 3.05) is 24.4 Å². The number of hydrogen-bond acceptors (Lipinski definition) is 7. The summed E-state index contributed by atoms with van der Waals surface area (Å²) >= 11 is 0. The number of anilines is 2. The molecule has 0 atom stereocenters. The third-order valence-electron chi connectivity index (χ3n) is 8.92. The Labute approximate surface area is 290 Å². The molecule has 50 heavy (non-hydrogen) atoms. The van der Waals surface area contributed by atoms with E-state index in [1.54, 1.807) is 68.7 Å². The van der Waals surface area contributed by atoms with Crippen LogP contribution in [0.15, 0.2) is 102 Å². The van der Waals surface area contributed by atoms with Crippen molar-refractivity contribution in [1.82, 2.24) is 9.29 Å². The minimum Gasteiger partial charge on any atom is -0.496 e. The van der Waals surface area contributed by atoms with Gasteiger partial charge in [-0.2, -0.15) is 0 Å². The molecule has 0 aliphatic heterocycles. The SMILES string of the molecule is COc1cccc(C(=O)NS(=O)(=O)c2ccccc2C)c1Cc1cn(C(=O)N(C)c2ccccc2)c2ccc(NC(=O)OC3CCCC3)cc12. The number of nitrogens with zero attached hydrogens (tertiary/aromatic N) is 2. The van der Waals surface area contributed by atoms with E-state index < -0.39 is 22.0 Å². The van der Waals surface area contributed by atoms with Gasteiger partial charge >= 0.3 is 12.1 Å². The molecule has 6 rings (SSSR count). The zero-order chi connectivity index (χ0) is 35.4. The van der Waals surface area contributed by atoms with Crippen molar-refractivity contribution in [3.05, 3.63) is 119 Å². The number of hydrogen-bond donors (Lipinski definition) is 2. The lowest BCUT2D eigenvalue weighted by molar-refractivity contribution is 0.0979. The van der Waals surface area contributed by atoms with Crippen LogP contribution in [0, 0.1) is 6.92 Å². The number of aryl methyl sites for hydroxylation is 1. The molecule has 11 nitrogen and oxygen atoms in total. The molecular weight excluding hydrogens is 657 g/mol. The lowest BCUT2D eigenvalue weighted by Crippen LogP contribution is -2.31. The zero-order valence-corrected chi connectivity index (χ0v) is 28.8. The Morgan fingerprint density at radius 2 is 1.64 bits per heavy atom. The van der Waals surface area contributed by atoms with Gasteiger partial charge in [-0.05, 0) is 92.3 Å². The summed E-state index contributed by atoms with van der Waals surface area (Å²) in [4.78, 5) is 41.9. The van der Waals surface area contributed by atoms with Crippen molar-refractivity contribution in [3.63, 3.8) is 0 Å². The first-order valence-corrected chi connectivity index (χ1v) is 17.8. The van der Waals surface area contributed by atoms with Crippen molar-refractivity contribution in [1.29, 1.82) is 0 Å². The molecular formula is C38H38N4O7S. The Hall–Kier alpha value is -5.62. The maximum Gasteiger partial charge on any atom is 0.411 e. The van der Waals surface area contributed by atoms with Crippen LogP contribution in [-0.4, -0.2) is 51.3 Å². The van der Waals surface area contributed by atoms with Crippen LogP contribution >= 0.6 is 0 Å². The second-order valence-electron chi connectivity index (χ2n) is 12.2. The van der Waals surface area contributed by atoms with Crippen LogP contribution in [-0.2, 0) is 21.2 Å². The molecule has 1 heterocycles. The average Bonchev–Trinajstić information content (AvgIpc) is 3.75. The number of carbonyl (C=O) groups is 3. The zero-order valence-electron chi connectivity index (χ0n) is 28.0. The summed E-state index contributed by atoms with van der Waals surface area (Å²) < 4.78 is 41.5. The largest absolute Gasteiger partial charge is 0.496 e. The number of methoxy groups -OCH3 is 1. The van der Waals surface area contributed by atoms with Crippen molar-refractivity contribution in [3.8, 4) is 5.75 Å². The van der Waals surface area contributed by atoms with Crippen LogP contribution < -0.4 is 19.7 Å². The number of aromatic nitrogens is 1. The molecule has 0 bridgehead atoms. The Kier molecular flexibility index (Phi) is 9.91. The predicted octanol–water partition coefficient (Wildman–Crippen LogP) is 7.26. The Morgan fingerprint density at radius 1 is 0.920 bits per heavy atom. The minimum absolute atomic E-state index is 0.00611. The molecule has 0 radical (unpaired) electrons. The van der Waals surface area contributed by atoms with E-state index in [4.69, 9.17) is 9.47 Å². The van der Waals surface area contributed by atoms with Gasteiger partial charge < -0.3 is 9.47 Å². The number of fused-ring (bicyclic) bond motifs is 1. The van der Waals surface area contributed by atoms with E-state index in [9.17, 15) is 22.8 Å². The van der Waals surface area contributed by atoms with E-state index in [2.05, 4.69) is 10.0 Å². The van der Waals surface area contributed by atoms with Crippen LogP contribution in [0.4, 0.5) is 21.0 Å². The predicted molar refractivity (Wildman–Crippen MR) is 192 cm³/mol. The molecule has 4 aromatic carbocycles. The molecule has 1 aliphatic carbocycles. The van der Waals surface area contributed by atoms with Gasteiger partial charge in [0.25, 0.3) is 15.9 Å². The fourth-order valence-corrected chi connectivity index (χ4v) is 7.55. The number of amides is 3. The Morgan fingerprint density at radius 3 is 2.36 bits per heavy atom. The monoisotopic (exact) mass is 694 g/mol. The fourth-order valence-electron chi connectivity index (χ4n) is 6.34. The number of para-hydroxylation sites is 1. The van der Waals surface area contributed by atoms with Gasteiger partial charge in [-0.25, -0.2) is 22.7 Å². The second-order valence-corrected chi connectivity index (χ2v) is 13.9. The first-order valence-electron chi connectivity index (χ1n) is 16.3. The van der Waals surface area contributed by atoms with E-state index in [1.807, 2.05) is 30.3 Å². The number of rotatable bonds is 9. The summed E-state index contributed by atoms with van der Waals surface area (Å²) in [6.45, 7) is 1.65. The molecule has 5 aromatic rings. The molecule has 2 N–H and O–H groups in total. The molecule has 1 aliphatic rings. The van der Waals surface area contributed by atoms with E-state index >= 15 is 0 Å². The standard InChI is InChI=1S/C38H38N4O7S/c1-25-12-7-10-19-35(25)50(46,47)40-36(43)30-17-11-18-34(48-3)32(30)22-26-24-42(38(45)41(2)28-13-5-4-6-14-28)33-21-20-27(23-31(26)33)39-37(44)49-29-15-8-9-16-29/h4-7,10-14,17-21,23-24,29H,8-9,15-16,22H2,1-3H3,(H,39,44)(H,40,43). The van der Waals surface area contributed by atoms with Gasteiger partial charge in [-0.15, -0.1) is 0 Å². The number of carbonyl (C=O) groups excluding carboxylic acids is 3. The van der Waals surface area contributed by atoms with Gasteiger partial charge in [0.2, 0.25) is 0 Å². The van der Waals surface area contributed by atoms with Crippen LogP contribution in [0.5, 0.6) is 5.75 Å². The quantitative estimate of drug-likeness (QED) is 0.166. The van der Waals surface area contributed by atoms with Crippen LogP contribution in [0.2, 0.25) is 0 Å². The smallest absolute Gasteiger partial charge is 0.411 e. The first kappa shape index (κ1) is 34.3. The summed E-state index contributed by atoms with van der Waals surface area (Å²) in [7, 11) is -1.06. The summed E-state index contributed by atoms with van der Waals surface area (Å²) in [6, 6.07) is 25.3. The summed E-state index contributed by atoms with van der Waals surface area (Å²) in [5, 5.41) is 3.44. The van der Waals surface area contributed by atoms with Crippen molar-refractivity contribution >= 4 is 50.3 Å². The van der Waals surface area contributed by atoms with Crippen LogP contribution in [0.25, 0.3) is 10.9 Å². The molecule has 1 saturated carbocycles. The van der Waals surface area contributed by atoms with Gasteiger partial charge in [0.1, 0.15) is 11.9 Å². The third kappa shape index (κ3) is 7.20. The molecule has 0 unspecified atom stereocenters. The summed E-state index contributed by atoms with van der Waals surface area (Å²) in [5.74, 6) is -0.475. The summed E-state index contributed by atoms with van der Waals surface area (Å²) in [6.07, 6.45) is 4.79. The minimum atomic E-state index is -4.20. The van der Waals surface area contributed by atoms with Crippen LogP contribution in [0.3, 0.4) is 0 Å². The normalized spacial score (nSPS) is 13.2. The topological polar surface area (TPSA) is 136 Å². The van der Waals surface area contributed by atoms with E-state index in [-0.39, 0.29) is 29.0 Å².